The van der Waals surface area contributed by atoms with Crippen molar-refractivity contribution in [1.29, 1.82) is 0 Å². The first-order valence-corrected chi connectivity index (χ1v) is 9.40. The van der Waals surface area contributed by atoms with Crippen molar-refractivity contribution in [3.8, 4) is 5.75 Å². The molecule has 1 aliphatic heterocycles. The molecule has 0 radical (unpaired) electrons. The van der Waals surface area contributed by atoms with Gasteiger partial charge in [-0.1, -0.05) is 36.4 Å². The molecule has 3 aromatic carbocycles. The van der Waals surface area contributed by atoms with E-state index in [1.807, 2.05) is 60.7 Å². The van der Waals surface area contributed by atoms with Crippen LogP contribution in [0.4, 0.5) is 5.69 Å². The number of hydrogen-bond donors (Lipinski definition) is 1. The lowest BCUT2D eigenvalue weighted by molar-refractivity contribution is -0.119. The third-order valence-corrected chi connectivity index (χ3v) is 5.05. The van der Waals surface area contributed by atoms with E-state index in [4.69, 9.17) is 4.74 Å². The molecule has 1 aliphatic rings. The molecule has 0 spiro atoms. The standard InChI is InChI=1S/C23H22N2O3/c1-28-18-10-2-6-16(14-18)7-5-13-24-21(26)15-25-20-12-4-9-17-8-3-11-19(22(17)20)23(25)27/h2-4,6,8-12,14H,5,7,13,15H2,1H3,(H,24,26). The highest BCUT2D eigenvalue weighted by molar-refractivity contribution is 6.26. The summed E-state index contributed by atoms with van der Waals surface area (Å²) in [6, 6.07) is 19.4. The number of hydrogen-bond acceptors (Lipinski definition) is 3. The van der Waals surface area contributed by atoms with Crippen molar-refractivity contribution < 1.29 is 14.3 Å². The van der Waals surface area contributed by atoms with Crippen LogP contribution in [-0.4, -0.2) is 32.0 Å². The molecule has 3 aromatic rings. The van der Waals surface area contributed by atoms with E-state index in [0.29, 0.717) is 12.1 Å². The molecule has 2 amide bonds. The SMILES string of the molecule is COc1cccc(CCCNC(=O)CN2C(=O)c3cccc4cccc2c34)c1. The second-order valence-corrected chi connectivity index (χ2v) is 6.88. The van der Waals surface area contributed by atoms with Gasteiger partial charge in [0.15, 0.2) is 0 Å². The quantitative estimate of drug-likeness (QED) is 0.644. The lowest BCUT2D eigenvalue weighted by atomic mass is 10.1. The average molecular weight is 374 g/mol. The number of amides is 2. The monoisotopic (exact) mass is 374 g/mol. The number of methoxy groups -OCH3 is 1. The van der Waals surface area contributed by atoms with Crippen molar-refractivity contribution in [2.75, 3.05) is 25.1 Å². The Kier molecular flexibility index (Phi) is 4.98. The molecule has 142 valence electrons. The Labute approximate surface area is 163 Å². The van der Waals surface area contributed by atoms with Crippen molar-refractivity contribution in [3.05, 3.63) is 71.8 Å². The van der Waals surface area contributed by atoms with E-state index < -0.39 is 0 Å². The summed E-state index contributed by atoms with van der Waals surface area (Å²) in [6.07, 6.45) is 1.67. The van der Waals surface area contributed by atoms with Crippen molar-refractivity contribution >= 4 is 28.3 Å². The second kappa shape index (κ2) is 7.72. The molecule has 28 heavy (non-hydrogen) atoms. The van der Waals surface area contributed by atoms with Gasteiger partial charge < -0.3 is 10.1 Å². The summed E-state index contributed by atoms with van der Waals surface area (Å²) in [4.78, 5) is 26.7. The van der Waals surface area contributed by atoms with Gasteiger partial charge in [0.1, 0.15) is 12.3 Å². The summed E-state index contributed by atoms with van der Waals surface area (Å²) in [7, 11) is 1.65. The van der Waals surface area contributed by atoms with Crippen molar-refractivity contribution in [1.82, 2.24) is 5.32 Å². The molecule has 5 heteroatoms. The molecule has 0 bridgehead atoms. The Balaban J connectivity index is 1.33. The molecule has 0 aliphatic carbocycles. The highest BCUT2D eigenvalue weighted by Gasteiger charge is 2.30. The highest BCUT2D eigenvalue weighted by atomic mass is 16.5. The number of aryl methyl sites for hydroxylation is 1. The fourth-order valence-electron chi connectivity index (χ4n) is 3.68. The Bertz CT molecular complexity index is 1040. The first-order chi connectivity index (χ1) is 13.7. The molecule has 0 unspecified atom stereocenters. The van der Waals surface area contributed by atoms with Crippen molar-refractivity contribution in [3.63, 3.8) is 0 Å². The highest BCUT2D eigenvalue weighted by Crippen LogP contribution is 2.36. The molecule has 0 fully saturated rings. The first-order valence-electron chi connectivity index (χ1n) is 9.40. The number of nitrogens with zero attached hydrogens (tertiary/aromatic N) is 1. The Morgan fingerprint density at radius 1 is 1.07 bits per heavy atom. The van der Waals surface area contributed by atoms with Crippen LogP contribution in [0.15, 0.2) is 60.7 Å². The molecule has 0 aromatic heterocycles. The van der Waals surface area contributed by atoms with Crippen LogP contribution < -0.4 is 15.0 Å². The third kappa shape index (κ3) is 3.43. The molecule has 5 nitrogen and oxygen atoms in total. The normalized spacial score (nSPS) is 12.5. The van der Waals surface area contributed by atoms with Gasteiger partial charge in [-0.05, 0) is 48.1 Å². The summed E-state index contributed by atoms with van der Waals surface area (Å²) >= 11 is 0. The van der Waals surface area contributed by atoms with Gasteiger partial charge in [-0.3, -0.25) is 14.5 Å². The maximum atomic E-state index is 12.7. The summed E-state index contributed by atoms with van der Waals surface area (Å²) < 4.78 is 5.23. The number of ether oxygens (including phenoxy) is 1. The van der Waals surface area contributed by atoms with Crippen LogP contribution in [0.3, 0.4) is 0 Å². The summed E-state index contributed by atoms with van der Waals surface area (Å²) in [5, 5.41) is 4.87. The lowest BCUT2D eigenvalue weighted by Gasteiger charge is -2.17. The Morgan fingerprint density at radius 3 is 2.68 bits per heavy atom. The second-order valence-electron chi connectivity index (χ2n) is 6.88. The number of anilines is 1. The fraction of sp³-hybridized carbons (Fsp3) is 0.217. The van der Waals surface area contributed by atoms with Gasteiger partial charge >= 0.3 is 0 Å². The average Bonchev–Trinajstić information content (AvgIpc) is 2.99. The molecule has 0 saturated heterocycles. The number of carbonyl (C=O) groups excluding carboxylic acids is 2. The predicted octanol–water partition coefficient (Wildman–Crippen LogP) is 3.56. The maximum Gasteiger partial charge on any atom is 0.259 e. The maximum absolute atomic E-state index is 12.7. The predicted molar refractivity (Wildman–Crippen MR) is 110 cm³/mol. The van der Waals surface area contributed by atoms with Crippen LogP contribution in [0, 0.1) is 0 Å². The molecule has 0 atom stereocenters. The molecule has 0 saturated carbocycles. The Hall–Kier alpha value is -3.34. The lowest BCUT2D eigenvalue weighted by Crippen LogP contribution is -2.39. The molecule has 1 N–H and O–H groups in total. The minimum absolute atomic E-state index is 0.0335. The van der Waals surface area contributed by atoms with Crippen LogP contribution in [-0.2, 0) is 11.2 Å². The number of rotatable bonds is 7. The zero-order valence-electron chi connectivity index (χ0n) is 15.8. The molecular weight excluding hydrogens is 352 g/mol. The van der Waals surface area contributed by atoms with Gasteiger partial charge in [-0.15, -0.1) is 0 Å². The molecular formula is C23H22N2O3. The third-order valence-electron chi connectivity index (χ3n) is 5.05. The fourth-order valence-corrected chi connectivity index (χ4v) is 3.68. The van der Waals surface area contributed by atoms with E-state index in [2.05, 4.69) is 5.32 Å². The van der Waals surface area contributed by atoms with Crippen LogP contribution in [0.25, 0.3) is 10.8 Å². The van der Waals surface area contributed by atoms with E-state index in [-0.39, 0.29) is 18.4 Å². The van der Waals surface area contributed by atoms with Gasteiger partial charge in [0, 0.05) is 17.5 Å². The first kappa shape index (κ1) is 18.0. The van der Waals surface area contributed by atoms with Gasteiger partial charge in [-0.2, -0.15) is 0 Å². The van der Waals surface area contributed by atoms with Crippen molar-refractivity contribution in [2.45, 2.75) is 12.8 Å². The van der Waals surface area contributed by atoms with E-state index in [0.717, 1.165) is 35.1 Å². The van der Waals surface area contributed by atoms with Gasteiger partial charge in [0.2, 0.25) is 5.91 Å². The van der Waals surface area contributed by atoms with E-state index in [9.17, 15) is 9.59 Å². The molecule has 1 heterocycles. The van der Waals surface area contributed by atoms with Crippen LogP contribution in [0.1, 0.15) is 22.3 Å². The number of nitrogens with one attached hydrogen (secondary N) is 1. The smallest absolute Gasteiger partial charge is 0.259 e. The van der Waals surface area contributed by atoms with Crippen molar-refractivity contribution in [2.24, 2.45) is 0 Å². The van der Waals surface area contributed by atoms with Crippen LogP contribution in [0.2, 0.25) is 0 Å². The minimum Gasteiger partial charge on any atom is -0.497 e. The van der Waals surface area contributed by atoms with E-state index in [1.54, 1.807) is 12.0 Å². The zero-order valence-corrected chi connectivity index (χ0v) is 15.8. The minimum atomic E-state index is -0.149. The number of carbonyl (C=O) groups is 2. The topological polar surface area (TPSA) is 58.6 Å². The summed E-state index contributed by atoms with van der Waals surface area (Å²) in [6.45, 7) is 0.598. The van der Waals surface area contributed by atoms with Gasteiger partial charge in [0.25, 0.3) is 5.91 Å². The van der Waals surface area contributed by atoms with Crippen LogP contribution >= 0.6 is 0 Å². The summed E-state index contributed by atoms with van der Waals surface area (Å²) in [5.74, 6) is 0.574. The largest absolute Gasteiger partial charge is 0.497 e. The Morgan fingerprint density at radius 2 is 1.86 bits per heavy atom. The summed E-state index contributed by atoms with van der Waals surface area (Å²) in [5.41, 5.74) is 2.65. The van der Waals surface area contributed by atoms with E-state index >= 15 is 0 Å². The van der Waals surface area contributed by atoms with Gasteiger partial charge in [0.05, 0.1) is 12.8 Å². The van der Waals surface area contributed by atoms with Crippen LogP contribution in [0.5, 0.6) is 5.75 Å². The van der Waals surface area contributed by atoms with Gasteiger partial charge in [-0.25, -0.2) is 0 Å². The molecule has 4 rings (SSSR count). The number of benzene rings is 3. The zero-order chi connectivity index (χ0) is 19.5. The van der Waals surface area contributed by atoms with E-state index in [1.165, 1.54) is 5.56 Å².